The molecule has 1 amide bonds. The van der Waals surface area contributed by atoms with E-state index in [0.29, 0.717) is 79.3 Å². The average molecular weight is 488 g/mol. The van der Waals surface area contributed by atoms with E-state index in [1.165, 1.54) is 6.92 Å². The number of anilines is 1. The summed E-state index contributed by atoms with van der Waals surface area (Å²) >= 11 is 0. The highest BCUT2D eigenvalue weighted by Crippen LogP contribution is 2.15. The number of benzene rings is 1. The lowest BCUT2D eigenvalue weighted by Gasteiger charge is -2.16. The van der Waals surface area contributed by atoms with E-state index in [2.05, 4.69) is 25.0 Å². The third kappa shape index (κ3) is 19.6. The summed E-state index contributed by atoms with van der Waals surface area (Å²) in [5.41, 5.74) is 0.740. The number of hydrogen-bond donors (Lipinski definition) is 1. The van der Waals surface area contributed by atoms with Crippen LogP contribution in [0.4, 0.5) is 5.69 Å². The number of amides is 1. The van der Waals surface area contributed by atoms with Crippen LogP contribution < -0.4 is 10.1 Å². The van der Waals surface area contributed by atoms with Gasteiger partial charge in [0.25, 0.3) is 0 Å². The Labute approximate surface area is 199 Å². The smallest absolute Gasteiger partial charge is 0.221 e. The molecular weight excluding hydrogens is 446 g/mol. The highest BCUT2D eigenvalue weighted by molar-refractivity contribution is 6.69. The first-order valence-corrected chi connectivity index (χ1v) is 14.8. The second kappa shape index (κ2) is 18.8. The molecule has 0 unspecified atom stereocenters. The average Bonchev–Trinajstić information content (AvgIpc) is 2.75. The van der Waals surface area contributed by atoms with E-state index >= 15 is 0 Å². The van der Waals surface area contributed by atoms with Gasteiger partial charge in [-0.05, 0) is 43.9 Å². The fourth-order valence-corrected chi connectivity index (χ4v) is 3.14. The summed E-state index contributed by atoms with van der Waals surface area (Å²) < 4.78 is 38.6. The summed E-state index contributed by atoms with van der Waals surface area (Å²) in [6.45, 7) is 14.3. The Hall–Kier alpha value is -1.53. The van der Waals surface area contributed by atoms with Crippen molar-refractivity contribution in [3.63, 3.8) is 0 Å². The zero-order chi connectivity index (χ0) is 24.2. The summed E-state index contributed by atoms with van der Waals surface area (Å²) in [6.07, 6.45) is 0. The Kier molecular flexibility index (Phi) is 16.8. The molecule has 0 aliphatic rings. The Morgan fingerprint density at radius 3 is 1.45 bits per heavy atom. The first kappa shape index (κ1) is 29.5. The maximum atomic E-state index is 11.0. The van der Waals surface area contributed by atoms with Crippen LogP contribution in [0.3, 0.4) is 0 Å². The molecule has 0 radical (unpaired) electrons. The van der Waals surface area contributed by atoms with Crippen molar-refractivity contribution >= 4 is 19.9 Å². The number of carbonyl (C=O) groups excluding carboxylic acids is 1. The Bertz CT molecular complexity index is 609. The number of ether oxygens (including phenoxy) is 6. The SMILES string of the molecule is CC(=O)Nc1ccc(OCCOCCOCCOCCOCCOCCO[Si](C)(C)C)cc1. The highest BCUT2D eigenvalue weighted by atomic mass is 28.4. The van der Waals surface area contributed by atoms with Gasteiger partial charge in [0.1, 0.15) is 12.4 Å². The molecule has 0 spiro atoms. The minimum Gasteiger partial charge on any atom is -0.491 e. The van der Waals surface area contributed by atoms with E-state index in [4.69, 9.17) is 32.8 Å². The van der Waals surface area contributed by atoms with Gasteiger partial charge >= 0.3 is 0 Å². The third-order valence-corrected chi connectivity index (χ3v) is 4.99. The van der Waals surface area contributed by atoms with Crippen LogP contribution in [0.25, 0.3) is 0 Å². The predicted molar refractivity (Wildman–Crippen MR) is 130 cm³/mol. The molecule has 0 heterocycles. The molecule has 0 fully saturated rings. The Morgan fingerprint density at radius 1 is 0.667 bits per heavy atom. The van der Waals surface area contributed by atoms with Crippen LogP contribution in [0.1, 0.15) is 6.92 Å². The van der Waals surface area contributed by atoms with Crippen LogP contribution in [-0.2, 0) is 32.9 Å². The van der Waals surface area contributed by atoms with Gasteiger partial charge in [-0.2, -0.15) is 0 Å². The molecule has 0 atom stereocenters. The Morgan fingerprint density at radius 2 is 1.06 bits per heavy atom. The van der Waals surface area contributed by atoms with Crippen molar-refractivity contribution in [2.75, 3.05) is 84.6 Å². The van der Waals surface area contributed by atoms with Gasteiger partial charge in [-0.25, -0.2) is 0 Å². The van der Waals surface area contributed by atoms with E-state index in [-0.39, 0.29) is 5.91 Å². The predicted octanol–water partition coefficient (Wildman–Crippen LogP) is 2.96. The van der Waals surface area contributed by atoms with Crippen molar-refractivity contribution in [1.82, 2.24) is 0 Å². The fraction of sp³-hybridized carbons (Fsp3) is 0.696. The zero-order valence-electron chi connectivity index (χ0n) is 20.6. The van der Waals surface area contributed by atoms with Crippen LogP contribution in [0, 0.1) is 0 Å². The lowest BCUT2D eigenvalue weighted by molar-refractivity contribution is -0.114. The van der Waals surface area contributed by atoms with Crippen molar-refractivity contribution in [3.8, 4) is 5.75 Å². The van der Waals surface area contributed by atoms with Gasteiger partial charge in [-0.3, -0.25) is 4.79 Å². The highest BCUT2D eigenvalue weighted by Gasteiger charge is 2.13. The van der Waals surface area contributed by atoms with E-state index < -0.39 is 8.32 Å². The molecule has 1 aromatic rings. The number of carbonyl (C=O) groups is 1. The van der Waals surface area contributed by atoms with E-state index in [1.54, 1.807) is 24.3 Å². The monoisotopic (exact) mass is 487 g/mol. The molecule has 0 aliphatic heterocycles. The van der Waals surface area contributed by atoms with Gasteiger partial charge < -0.3 is 38.2 Å². The second-order valence-corrected chi connectivity index (χ2v) is 12.6. The standard InChI is InChI=1S/C23H41NO8Si/c1-21(25)24-22-5-7-23(8-6-22)31-19-17-29-15-13-27-11-9-26-10-12-28-14-16-30-18-20-32-33(2,3)4/h5-8H,9-20H2,1-4H3,(H,24,25). The number of nitrogens with one attached hydrogen (secondary N) is 1. The van der Waals surface area contributed by atoms with Gasteiger partial charge in [0.2, 0.25) is 5.91 Å². The molecule has 9 nitrogen and oxygen atoms in total. The molecular formula is C23H41NO8Si. The van der Waals surface area contributed by atoms with Crippen LogP contribution in [-0.4, -0.2) is 93.5 Å². The van der Waals surface area contributed by atoms with Crippen LogP contribution in [0.15, 0.2) is 24.3 Å². The fourth-order valence-electron chi connectivity index (χ4n) is 2.44. The second-order valence-electron chi connectivity index (χ2n) is 8.08. The molecule has 0 saturated heterocycles. The third-order valence-electron chi connectivity index (χ3n) is 3.92. The van der Waals surface area contributed by atoms with Crippen molar-refractivity contribution in [1.29, 1.82) is 0 Å². The maximum Gasteiger partial charge on any atom is 0.221 e. The summed E-state index contributed by atoms with van der Waals surface area (Å²) in [5, 5.41) is 2.71. The maximum absolute atomic E-state index is 11.0. The molecule has 190 valence electrons. The summed E-state index contributed by atoms with van der Waals surface area (Å²) in [5.74, 6) is 0.626. The normalized spacial score (nSPS) is 11.5. The zero-order valence-corrected chi connectivity index (χ0v) is 21.6. The summed E-state index contributed by atoms with van der Waals surface area (Å²) in [4.78, 5) is 11.0. The summed E-state index contributed by atoms with van der Waals surface area (Å²) in [7, 11) is -1.44. The van der Waals surface area contributed by atoms with Crippen molar-refractivity contribution < 1.29 is 37.6 Å². The molecule has 0 aliphatic carbocycles. The largest absolute Gasteiger partial charge is 0.491 e. The van der Waals surface area contributed by atoms with Gasteiger partial charge in [-0.15, -0.1) is 0 Å². The molecule has 0 bridgehead atoms. The number of rotatable bonds is 21. The molecule has 1 rings (SSSR count). The molecule has 1 N–H and O–H groups in total. The summed E-state index contributed by atoms with van der Waals surface area (Å²) in [6, 6.07) is 7.19. The van der Waals surface area contributed by atoms with Gasteiger partial charge in [0.05, 0.1) is 72.7 Å². The topological polar surface area (TPSA) is 93.7 Å². The minimum absolute atomic E-state index is 0.101. The first-order chi connectivity index (χ1) is 15.9. The van der Waals surface area contributed by atoms with Crippen LogP contribution >= 0.6 is 0 Å². The van der Waals surface area contributed by atoms with Crippen molar-refractivity contribution in [2.45, 2.75) is 26.6 Å². The van der Waals surface area contributed by atoms with Crippen molar-refractivity contribution in [2.24, 2.45) is 0 Å². The Balaban J connectivity index is 1.77. The first-order valence-electron chi connectivity index (χ1n) is 11.4. The van der Waals surface area contributed by atoms with Gasteiger partial charge in [0, 0.05) is 12.6 Å². The molecule has 1 aromatic carbocycles. The lowest BCUT2D eigenvalue weighted by atomic mass is 10.3. The van der Waals surface area contributed by atoms with Crippen LogP contribution in [0.5, 0.6) is 5.75 Å². The quantitative estimate of drug-likeness (QED) is 0.209. The van der Waals surface area contributed by atoms with E-state index in [0.717, 1.165) is 11.4 Å². The lowest BCUT2D eigenvalue weighted by Crippen LogP contribution is -2.27. The molecule has 0 saturated carbocycles. The van der Waals surface area contributed by atoms with Gasteiger partial charge in [-0.1, -0.05) is 0 Å². The number of hydrogen-bond acceptors (Lipinski definition) is 8. The molecule has 10 heteroatoms. The van der Waals surface area contributed by atoms with E-state index in [1.807, 2.05) is 0 Å². The van der Waals surface area contributed by atoms with Crippen LogP contribution in [0.2, 0.25) is 19.6 Å². The molecule has 0 aromatic heterocycles. The van der Waals surface area contributed by atoms with Crippen molar-refractivity contribution in [3.05, 3.63) is 24.3 Å². The molecule has 33 heavy (non-hydrogen) atoms. The van der Waals surface area contributed by atoms with E-state index in [9.17, 15) is 4.79 Å². The van der Waals surface area contributed by atoms with Gasteiger partial charge in [0.15, 0.2) is 8.32 Å². The minimum atomic E-state index is -1.44.